The zero-order valence-corrected chi connectivity index (χ0v) is 12.2. The fourth-order valence-electron chi connectivity index (χ4n) is 1.55. The summed E-state index contributed by atoms with van der Waals surface area (Å²) in [5.74, 6) is 0.838. The quantitative estimate of drug-likeness (QED) is 0.750. The Morgan fingerprint density at radius 3 is 2.63 bits per heavy atom. The number of benzene rings is 1. The van der Waals surface area contributed by atoms with Crippen molar-refractivity contribution in [1.82, 2.24) is 4.90 Å². The highest BCUT2D eigenvalue weighted by molar-refractivity contribution is 8.00. The van der Waals surface area contributed by atoms with Gasteiger partial charge in [-0.05, 0) is 31.2 Å². The highest BCUT2D eigenvalue weighted by atomic mass is 32.2. The molecule has 0 saturated heterocycles. The first kappa shape index (κ1) is 15.4. The van der Waals surface area contributed by atoms with Gasteiger partial charge in [-0.1, -0.05) is 0 Å². The Labute approximate surface area is 118 Å². The molecule has 0 radical (unpaired) electrons. The molecule has 0 aliphatic carbocycles. The monoisotopic (exact) mass is 278 g/mol. The molecular formula is C14H18N2O2S. The van der Waals surface area contributed by atoms with Crippen LogP contribution in [0.2, 0.25) is 0 Å². The van der Waals surface area contributed by atoms with E-state index in [0.29, 0.717) is 13.0 Å². The molecule has 0 aliphatic heterocycles. The molecule has 0 saturated carbocycles. The minimum Gasteiger partial charge on any atom is -0.497 e. The lowest BCUT2D eigenvalue weighted by molar-refractivity contribution is -0.128. The summed E-state index contributed by atoms with van der Waals surface area (Å²) in [5.41, 5.74) is 0. The number of hydrogen-bond donors (Lipinski definition) is 0. The molecule has 19 heavy (non-hydrogen) atoms. The van der Waals surface area contributed by atoms with Gasteiger partial charge in [-0.25, -0.2) is 0 Å². The predicted molar refractivity (Wildman–Crippen MR) is 76.2 cm³/mol. The lowest BCUT2D eigenvalue weighted by Crippen LogP contribution is -2.33. The summed E-state index contributed by atoms with van der Waals surface area (Å²) >= 11 is 1.50. The zero-order valence-electron chi connectivity index (χ0n) is 11.4. The topological polar surface area (TPSA) is 53.3 Å². The van der Waals surface area contributed by atoms with Gasteiger partial charge in [-0.3, -0.25) is 4.79 Å². The number of carbonyl (C=O) groups excluding carboxylic acids is 1. The van der Waals surface area contributed by atoms with Crippen LogP contribution in [0.5, 0.6) is 5.75 Å². The van der Waals surface area contributed by atoms with E-state index in [-0.39, 0.29) is 11.2 Å². The van der Waals surface area contributed by atoms with E-state index in [9.17, 15) is 4.79 Å². The number of methoxy groups -OCH3 is 1. The van der Waals surface area contributed by atoms with Crippen molar-refractivity contribution in [2.24, 2.45) is 0 Å². The summed E-state index contributed by atoms with van der Waals surface area (Å²) in [7, 11) is 3.35. The van der Waals surface area contributed by atoms with Gasteiger partial charge in [0.25, 0.3) is 0 Å². The van der Waals surface area contributed by atoms with Crippen molar-refractivity contribution >= 4 is 17.7 Å². The van der Waals surface area contributed by atoms with Crippen molar-refractivity contribution in [3.63, 3.8) is 0 Å². The highest BCUT2D eigenvalue weighted by Crippen LogP contribution is 2.26. The van der Waals surface area contributed by atoms with Crippen LogP contribution in [-0.2, 0) is 4.79 Å². The fourth-order valence-corrected chi connectivity index (χ4v) is 2.53. The Morgan fingerprint density at radius 2 is 2.11 bits per heavy atom. The number of thioether (sulfide) groups is 1. The van der Waals surface area contributed by atoms with Gasteiger partial charge >= 0.3 is 0 Å². The molecule has 0 fully saturated rings. The molecular weight excluding hydrogens is 260 g/mol. The maximum Gasteiger partial charge on any atom is 0.235 e. The van der Waals surface area contributed by atoms with Crippen LogP contribution in [-0.4, -0.2) is 36.8 Å². The maximum atomic E-state index is 12.0. The summed E-state index contributed by atoms with van der Waals surface area (Å²) in [6.45, 7) is 2.35. The first-order valence-electron chi connectivity index (χ1n) is 6.01. The molecule has 1 aromatic rings. The number of carbonyl (C=O) groups is 1. The third-order valence-electron chi connectivity index (χ3n) is 2.66. The summed E-state index contributed by atoms with van der Waals surface area (Å²) in [6, 6.07) is 9.65. The number of nitriles is 1. The largest absolute Gasteiger partial charge is 0.497 e. The van der Waals surface area contributed by atoms with Gasteiger partial charge < -0.3 is 9.64 Å². The number of nitrogens with zero attached hydrogens (tertiary/aromatic N) is 2. The standard InChI is InChI=1S/C14H18N2O2S/c1-11(14(17)16(2)10-4-9-15)19-13-7-5-12(18-3)6-8-13/h5-8,11H,4,10H2,1-3H3. The minimum absolute atomic E-state index is 0.0380. The normalized spacial score (nSPS) is 11.5. The van der Waals surface area contributed by atoms with Gasteiger partial charge in [-0.2, -0.15) is 5.26 Å². The van der Waals surface area contributed by atoms with E-state index < -0.39 is 0 Å². The molecule has 1 amide bonds. The van der Waals surface area contributed by atoms with Crippen LogP contribution in [0.1, 0.15) is 13.3 Å². The molecule has 0 N–H and O–H groups in total. The third kappa shape index (κ3) is 4.84. The smallest absolute Gasteiger partial charge is 0.235 e. The summed E-state index contributed by atoms with van der Waals surface area (Å²) in [5, 5.41) is 8.35. The lowest BCUT2D eigenvalue weighted by Gasteiger charge is -2.20. The third-order valence-corrected chi connectivity index (χ3v) is 3.75. The molecule has 0 aromatic heterocycles. The first-order valence-corrected chi connectivity index (χ1v) is 6.89. The van der Waals surface area contributed by atoms with Crippen molar-refractivity contribution in [3.05, 3.63) is 24.3 Å². The van der Waals surface area contributed by atoms with Crippen LogP contribution in [0.25, 0.3) is 0 Å². The highest BCUT2D eigenvalue weighted by Gasteiger charge is 2.18. The summed E-state index contributed by atoms with van der Waals surface area (Å²) < 4.78 is 5.09. The Hall–Kier alpha value is -1.67. The van der Waals surface area contributed by atoms with Crippen LogP contribution in [0.4, 0.5) is 0 Å². The van der Waals surface area contributed by atoms with E-state index in [1.165, 1.54) is 11.8 Å². The van der Waals surface area contributed by atoms with E-state index >= 15 is 0 Å². The molecule has 0 spiro atoms. The second-order valence-corrected chi connectivity index (χ2v) is 5.52. The molecule has 1 rings (SSSR count). The van der Waals surface area contributed by atoms with Gasteiger partial charge in [0.2, 0.25) is 5.91 Å². The van der Waals surface area contributed by atoms with E-state index in [1.54, 1.807) is 19.1 Å². The molecule has 5 heteroatoms. The minimum atomic E-state index is -0.169. The molecule has 0 heterocycles. The molecule has 0 aliphatic rings. The van der Waals surface area contributed by atoms with E-state index in [4.69, 9.17) is 10.00 Å². The molecule has 1 aromatic carbocycles. The van der Waals surface area contributed by atoms with Gasteiger partial charge in [0.15, 0.2) is 0 Å². The van der Waals surface area contributed by atoms with Crippen LogP contribution >= 0.6 is 11.8 Å². The van der Waals surface area contributed by atoms with Crippen molar-refractivity contribution < 1.29 is 9.53 Å². The Kier molecular flexibility index (Phi) is 6.23. The first-order chi connectivity index (χ1) is 9.08. The zero-order chi connectivity index (χ0) is 14.3. The van der Waals surface area contributed by atoms with Gasteiger partial charge in [0, 0.05) is 18.5 Å². The van der Waals surface area contributed by atoms with Crippen molar-refractivity contribution in [2.75, 3.05) is 20.7 Å². The average molecular weight is 278 g/mol. The maximum absolute atomic E-state index is 12.0. The van der Waals surface area contributed by atoms with E-state index in [0.717, 1.165) is 10.6 Å². The molecule has 1 atom stereocenters. The molecule has 102 valence electrons. The number of rotatable bonds is 6. The molecule has 0 bridgehead atoms. The van der Waals surface area contributed by atoms with Crippen molar-refractivity contribution in [2.45, 2.75) is 23.5 Å². The molecule has 1 unspecified atom stereocenters. The van der Waals surface area contributed by atoms with E-state index in [1.807, 2.05) is 37.3 Å². The average Bonchev–Trinajstić information content (AvgIpc) is 2.44. The summed E-state index contributed by atoms with van der Waals surface area (Å²) in [4.78, 5) is 14.7. The van der Waals surface area contributed by atoms with Crippen LogP contribution < -0.4 is 4.74 Å². The van der Waals surface area contributed by atoms with Gasteiger partial charge in [0.1, 0.15) is 5.75 Å². The molecule has 4 nitrogen and oxygen atoms in total. The lowest BCUT2D eigenvalue weighted by atomic mass is 10.3. The second-order valence-electron chi connectivity index (χ2n) is 4.10. The van der Waals surface area contributed by atoms with Crippen LogP contribution in [0, 0.1) is 11.3 Å². The second kappa shape index (κ2) is 7.70. The Morgan fingerprint density at radius 1 is 1.47 bits per heavy atom. The Balaban J connectivity index is 2.55. The van der Waals surface area contributed by atoms with Gasteiger partial charge in [-0.15, -0.1) is 11.8 Å². The van der Waals surface area contributed by atoms with Crippen molar-refractivity contribution in [1.29, 1.82) is 5.26 Å². The SMILES string of the molecule is COc1ccc(SC(C)C(=O)N(C)CCC#N)cc1. The van der Waals surface area contributed by atoms with Crippen LogP contribution in [0.15, 0.2) is 29.2 Å². The van der Waals surface area contributed by atoms with Crippen LogP contribution in [0.3, 0.4) is 0 Å². The number of amides is 1. The number of hydrogen-bond acceptors (Lipinski definition) is 4. The van der Waals surface area contributed by atoms with E-state index in [2.05, 4.69) is 0 Å². The van der Waals surface area contributed by atoms with Gasteiger partial charge in [0.05, 0.1) is 24.8 Å². The number of ether oxygens (including phenoxy) is 1. The predicted octanol–water partition coefficient (Wildman–Crippen LogP) is 2.55. The summed E-state index contributed by atoms with van der Waals surface area (Å²) in [6.07, 6.45) is 0.363. The Bertz CT molecular complexity index is 454. The fraction of sp³-hybridized carbons (Fsp3) is 0.429. The van der Waals surface area contributed by atoms with Crippen molar-refractivity contribution in [3.8, 4) is 11.8 Å².